The Morgan fingerprint density at radius 2 is 1.17 bits per heavy atom. The lowest BCUT2D eigenvalue weighted by Gasteiger charge is -1.71. The molecule has 3 nitrogen and oxygen atoms in total. The third-order valence-electron chi connectivity index (χ3n) is 0. The van der Waals surface area contributed by atoms with Crippen molar-refractivity contribution in [1.82, 2.24) is 0 Å². The van der Waals surface area contributed by atoms with Gasteiger partial charge in [-0.15, -0.1) is 0 Å². The van der Waals surface area contributed by atoms with Crippen molar-refractivity contribution in [3.8, 4) is 0 Å². The summed E-state index contributed by atoms with van der Waals surface area (Å²) in [6, 6.07) is 0. The van der Waals surface area contributed by atoms with Gasteiger partial charge in [0.25, 0.3) is 0 Å². The van der Waals surface area contributed by atoms with Crippen LogP contribution in [0.25, 0.3) is 0 Å². The minimum Gasteiger partial charge on any atom is -0.427 e. The Morgan fingerprint density at radius 1 is 1.17 bits per heavy atom. The van der Waals surface area contributed by atoms with Crippen molar-refractivity contribution in [2.24, 2.45) is 0 Å². The molecule has 3 N–H and O–H groups in total. The predicted molar refractivity (Wildman–Crippen MR) is 24.2 cm³/mol. The van der Waals surface area contributed by atoms with Crippen LogP contribution in [0.1, 0.15) is 0 Å². The quantitative estimate of drug-likeness (QED) is 0.325. The molecule has 0 amide bonds. The molecular weight excluding hydrogens is 82.8 g/mol. The Kier molecular flexibility index (Phi) is 13.8. The van der Waals surface area contributed by atoms with Gasteiger partial charge in [-0.1, -0.05) is 0 Å². The monoisotopic (exact) mass is 92.1 g/mol. The number of aliphatic hydroxyl groups excluding tert-OH is 1. The van der Waals surface area contributed by atoms with Crippen LogP contribution in [0.5, 0.6) is 0 Å². The zero-order chi connectivity index (χ0) is 5.58. The van der Waals surface area contributed by atoms with Crippen LogP contribution in [-0.2, 0) is 0 Å². The lowest BCUT2D eigenvalue weighted by atomic mass is 9.99. The van der Waals surface area contributed by atoms with E-state index in [0.717, 1.165) is 7.11 Å². The SMILES string of the molecule is CB(O)O.CO. The summed E-state index contributed by atoms with van der Waals surface area (Å²) in [5, 5.41) is 22.2. The summed E-state index contributed by atoms with van der Waals surface area (Å²) in [5.41, 5.74) is 0. The van der Waals surface area contributed by atoms with Crippen LogP contribution in [0.4, 0.5) is 0 Å². The fourth-order valence-corrected chi connectivity index (χ4v) is 0. The number of hydrogen-bond donors (Lipinski definition) is 3. The molecule has 0 aromatic heterocycles. The molecule has 0 fully saturated rings. The fraction of sp³-hybridized carbons (Fsp3) is 1.00. The summed E-state index contributed by atoms with van der Waals surface area (Å²) in [4.78, 5) is 0. The highest BCUT2D eigenvalue weighted by atomic mass is 16.4. The Labute approximate surface area is 37.4 Å². The summed E-state index contributed by atoms with van der Waals surface area (Å²) >= 11 is 0. The van der Waals surface area contributed by atoms with E-state index < -0.39 is 7.12 Å². The Morgan fingerprint density at radius 3 is 1.17 bits per heavy atom. The third-order valence-corrected chi connectivity index (χ3v) is 0. The van der Waals surface area contributed by atoms with Crippen molar-refractivity contribution in [2.75, 3.05) is 7.11 Å². The van der Waals surface area contributed by atoms with E-state index in [1.54, 1.807) is 0 Å². The molecule has 0 aliphatic heterocycles. The van der Waals surface area contributed by atoms with Gasteiger partial charge in [-0.05, 0) is 6.82 Å². The van der Waals surface area contributed by atoms with Gasteiger partial charge in [0.1, 0.15) is 0 Å². The standard InChI is InChI=1S/CH5BO2.CH4O/c1-2(3)4;1-2/h3-4H,1H3;2H,1H3. The van der Waals surface area contributed by atoms with Crippen LogP contribution in [-0.4, -0.2) is 29.4 Å². The molecule has 38 valence electrons. The van der Waals surface area contributed by atoms with Crippen LogP contribution < -0.4 is 0 Å². The summed E-state index contributed by atoms with van der Waals surface area (Å²) < 4.78 is 0. The first-order valence-electron chi connectivity index (χ1n) is 1.54. The molecule has 0 aliphatic carbocycles. The summed E-state index contributed by atoms with van der Waals surface area (Å²) in [6.45, 7) is 1.28. The number of aliphatic hydroxyl groups is 1. The summed E-state index contributed by atoms with van der Waals surface area (Å²) in [6.07, 6.45) is 0. The molecular formula is C2H9BO3. The Balaban J connectivity index is 0. The van der Waals surface area contributed by atoms with Gasteiger partial charge in [0.05, 0.1) is 0 Å². The van der Waals surface area contributed by atoms with Crippen LogP contribution in [0, 0.1) is 0 Å². The van der Waals surface area contributed by atoms with Crippen molar-refractivity contribution < 1.29 is 15.2 Å². The van der Waals surface area contributed by atoms with E-state index in [9.17, 15) is 0 Å². The second-order valence-electron chi connectivity index (χ2n) is 0.632. The highest BCUT2D eigenvalue weighted by Crippen LogP contribution is 1.51. The largest absolute Gasteiger partial charge is 0.448 e. The van der Waals surface area contributed by atoms with Crippen LogP contribution in [0.3, 0.4) is 0 Å². The van der Waals surface area contributed by atoms with E-state index in [4.69, 9.17) is 15.2 Å². The summed E-state index contributed by atoms with van der Waals surface area (Å²) in [7, 11) is -0.167. The predicted octanol–water partition coefficient (Wildman–Crippen LogP) is -1.30. The molecule has 6 heavy (non-hydrogen) atoms. The van der Waals surface area contributed by atoms with Gasteiger partial charge in [-0.25, -0.2) is 0 Å². The van der Waals surface area contributed by atoms with Gasteiger partial charge in [-0.2, -0.15) is 0 Å². The van der Waals surface area contributed by atoms with Crippen molar-refractivity contribution >= 4 is 7.12 Å². The molecule has 0 radical (unpaired) electrons. The van der Waals surface area contributed by atoms with Gasteiger partial charge in [-0.3, -0.25) is 0 Å². The van der Waals surface area contributed by atoms with Gasteiger partial charge >= 0.3 is 7.12 Å². The van der Waals surface area contributed by atoms with Crippen LogP contribution >= 0.6 is 0 Å². The third kappa shape index (κ3) is 11300. The molecule has 0 saturated carbocycles. The Bertz CT molecular complexity index is 13.5. The molecule has 4 heteroatoms. The highest BCUT2D eigenvalue weighted by molar-refractivity contribution is 6.38. The van der Waals surface area contributed by atoms with Gasteiger partial charge < -0.3 is 15.2 Å². The first-order chi connectivity index (χ1) is 2.73. The average Bonchev–Trinajstić information content (AvgIpc) is 1.41. The van der Waals surface area contributed by atoms with E-state index in [1.807, 2.05) is 0 Å². The summed E-state index contributed by atoms with van der Waals surface area (Å²) in [5.74, 6) is 0. The first-order valence-corrected chi connectivity index (χ1v) is 1.54. The smallest absolute Gasteiger partial charge is 0.427 e. The minimum atomic E-state index is -1.17. The second-order valence-corrected chi connectivity index (χ2v) is 0.632. The second kappa shape index (κ2) is 8.87. The van der Waals surface area contributed by atoms with E-state index in [2.05, 4.69) is 0 Å². The van der Waals surface area contributed by atoms with Gasteiger partial charge in [0.2, 0.25) is 0 Å². The van der Waals surface area contributed by atoms with Crippen molar-refractivity contribution in [2.45, 2.75) is 6.82 Å². The van der Waals surface area contributed by atoms with Gasteiger partial charge in [0.15, 0.2) is 0 Å². The Hall–Kier alpha value is -0.0551. The average molecular weight is 91.9 g/mol. The maximum absolute atomic E-state index is 7.61. The topological polar surface area (TPSA) is 60.7 Å². The van der Waals surface area contributed by atoms with E-state index in [1.165, 1.54) is 6.82 Å². The lowest BCUT2D eigenvalue weighted by molar-refractivity contribution is 0.399. The maximum atomic E-state index is 7.61. The first kappa shape index (κ1) is 9.34. The normalized spacial score (nSPS) is 5.50. The van der Waals surface area contributed by atoms with E-state index in [0.29, 0.717) is 0 Å². The van der Waals surface area contributed by atoms with Crippen LogP contribution in [0.15, 0.2) is 0 Å². The lowest BCUT2D eigenvalue weighted by Crippen LogP contribution is -2.00. The van der Waals surface area contributed by atoms with E-state index >= 15 is 0 Å². The van der Waals surface area contributed by atoms with Gasteiger partial charge in [0, 0.05) is 7.11 Å². The molecule has 0 unspecified atom stereocenters. The van der Waals surface area contributed by atoms with Crippen LogP contribution in [0.2, 0.25) is 6.82 Å². The molecule has 0 heterocycles. The number of hydrogen-bond acceptors (Lipinski definition) is 3. The van der Waals surface area contributed by atoms with Crippen molar-refractivity contribution in [3.05, 3.63) is 0 Å². The fourth-order valence-electron chi connectivity index (χ4n) is 0. The molecule has 0 aromatic rings. The molecule has 0 saturated heterocycles. The molecule has 0 rings (SSSR count). The van der Waals surface area contributed by atoms with Crippen molar-refractivity contribution in [3.63, 3.8) is 0 Å². The number of rotatable bonds is 0. The highest BCUT2D eigenvalue weighted by Gasteiger charge is 1.86. The van der Waals surface area contributed by atoms with E-state index in [-0.39, 0.29) is 0 Å². The minimum absolute atomic E-state index is 1.00. The molecule has 0 atom stereocenters. The molecule has 0 aliphatic rings. The zero-order valence-electron chi connectivity index (χ0n) is 3.92. The van der Waals surface area contributed by atoms with Crippen molar-refractivity contribution in [1.29, 1.82) is 0 Å². The molecule has 0 bridgehead atoms. The molecule has 0 spiro atoms. The molecule has 0 aromatic carbocycles. The zero-order valence-corrected chi connectivity index (χ0v) is 3.92. The maximum Gasteiger partial charge on any atom is 0.448 e.